The molecule has 1 aromatic rings. The molecule has 22 heavy (non-hydrogen) atoms. The van der Waals surface area contributed by atoms with Crippen molar-refractivity contribution < 1.29 is 9.50 Å². The van der Waals surface area contributed by atoms with Crippen LogP contribution in [0, 0.1) is 11.7 Å². The second-order valence-corrected chi connectivity index (χ2v) is 6.60. The van der Waals surface area contributed by atoms with Crippen LogP contribution < -0.4 is 5.32 Å². The van der Waals surface area contributed by atoms with Gasteiger partial charge in [-0.1, -0.05) is 6.42 Å². The molecule has 3 nitrogen and oxygen atoms in total. The van der Waals surface area contributed by atoms with E-state index < -0.39 is 0 Å². The van der Waals surface area contributed by atoms with E-state index in [0.717, 1.165) is 31.7 Å². The molecule has 1 saturated carbocycles. The van der Waals surface area contributed by atoms with Crippen LogP contribution in [0.1, 0.15) is 30.9 Å². The van der Waals surface area contributed by atoms with E-state index in [1.165, 1.54) is 31.4 Å². The molecular weight excluding hydrogens is 394 g/mol. The molecule has 0 radical (unpaired) electrons. The molecule has 126 valence electrons. The Morgan fingerprint density at radius 2 is 1.86 bits per heavy atom. The van der Waals surface area contributed by atoms with Gasteiger partial charge in [-0.15, -0.1) is 24.8 Å². The number of nitrogens with zero attached hydrogens (tertiary/aromatic N) is 1. The highest BCUT2D eigenvalue weighted by molar-refractivity contribution is 9.10. The highest BCUT2D eigenvalue weighted by Gasteiger charge is 2.35. The molecule has 1 atom stereocenters. The second kappa shape index (κ2) is 8.69. The minimum Gasteiger partial charge on any atom is -0.506 e. The number of aromatic hydroxyl groups is 1. The summed E-state index contributed by atoms with van der Waals surface area (Å²) in [6.45, 7) is 3.82. The van der Waals surface area contributed by atoms with Crippen molar-refractivity contribution in [2.45, 2.75) is 25.3 Å². The number of nitrogens with one attached hydrogen (secondary N) is 1. The average molecular weight is 416 g/mol. The molecule has 1 saturated heterocycles. The van der Waals surface area contributed by atoms with Gasteiger partial charge >= 0.3 is 0 Å². The van der Waals surface area contributed by atoms with Crippen LogP contribution in [0.15, 0.2) is 16.6 Å². The smallest absolute Gasteiger partial charge is 0.134 e. The topological polar surface area (TPSA) is 35.5 Å². The van der Waals surface area contributed by atoms with Gasteiger partial charge in [-0.2, -0.15) is 0 Å². The van der Waals surface area contributed by atoms with Gasteiger partial charge in [0, 0.05) is 37.8 Å². The summed E-state index contributed by atoms with van der Waals surface area (Å²) in [6.07, 6.45) is 3.58. The predicted octanol–water partition coefficient (Wildman–Crippen LogP) is 3.88. The highest BCUT2D eigenvalue weighted by Crippen LogP contribution is 2.45. The van der Waals surface area contributed by atoms with E-state index in [4.69, 9.17) is 0 Å². The zero-order valence-corrected chi connectivity index (χ0v) is 15.4. The van der Waals surface area contributed by atoms with Crippen LogP contribution in [0.25, 0.3) is 0 Å². The molecule has 0 spiro atoms. The van der Waals surface area contributed by atoms with E-state index in [1.807, 2.05) is 0 Å². The SMILES string of the molecule is Cl.Cl.Oc1c(Br)cc(F)cc1[C@H](C1CCC1)N1CCNCC1. The first-order valence-electron chi connectivity index (χ1n) is 7.29. The van der Waals surface area contributed by atoms with Gasteiger partial charge in [0.2, 0.25) is 0 Å². The minimum atomic E-state index is -0.288. The molecule has 1 aromatic carbocycles. The van der Waals surface area contributed by atoms with Crippen LogP contribution >= 0.6 is 40.7 Å². The molecular formula is C15H22BrCl2FN2O. The van der Waals surface area contributed by atoms with E-state index in [2.05, 4.69) is 26.1 Å². The zero-order valence-electron chi connectivity index (χ0n) is 12.2. The third kappa shape index (κ3) is 4.06. The molecule has 2 fully saturated rings. The average Bonchev–Trinajstić information content (AvgIpc) is 2.39. The maximum Gasteiger partial charge on any atom is 0.134 e. The maximum absolute atomic E-state index is 13.7. The fourth-order valence-electron chi connectivity index (χ4n) is 3.28. The first-order valence-corrected chi connectivity index (χ1v) is 8.09. The molecule has 0 aromatic heterocycles. The fraction of sp³-hybridized carbons (Fsp3) is 0.600. The standard InChI is InChI=1S/C15H20BrFN2O.2ClH/c16-13-9-11(17)8-12(15(13)20)14(10-2-1-3-10)19-6-4-18-5-7-19;;/h8-10,14,18,20H,1-7H2;2*1H/t14-;;/m0../s1. The van der Waals surface area contributed by atoms with E-state index in [-0.39, 0.29) is 42.4 Å². The molecule has 1 aliphatic carbocycles. The van der Waals surface area contributed by atoms with Crippen LogP contribution in [0.2, 0.25) is 0 Å². The van der Waals surface area contributed by atoms with Crippen molar-refractivity contribution in [3.05, 3.63) is 28.0 Å². The van der Waals surface area contributed by atoms with Crippen molar-refractivity contribution in [1.82, 2.24) is 10.2 Å². The summed E-state index contributed by atoms with van der Waals surface area (Å²) in [4.78, 5) is 2.39. The molecule has 0 unspecified atom stereocenters. The Hall–Kier alpha value is -0.0700. The normalized spacial score (nSPS) is 20.5. The number of rotatable bonds is 3. The zero-order chi connectivity index (χ0) is 14.1. The number of piperazine rings is 1. The van der Waals surface area contributed by atoms with Crippen molar-refractivity contribution in [3.63, 3.8) is 0 Å². The Kier molecular flexibility index (Phi) is 7.89. The van der Waals surface area contributed by atoms with E-state index in [0.29, 0.717) is 10.4 Å². The van der Waals surface area contributed by atoms with Gasteiger partial charge in [0.15, 0.2) is 0 Å². The number of halogens is 4. The first kappa shape index (κ1) is 20.0. The lowest BCUT2D eigenvalue weighted by Gasteiger charge is -2.43. The summed E-state index contributed by atoms with van der Waals surface area (Å²) < 4.78 is 14.2. The summed E-state index contributed by atoms with van der Waals surface area (Å²) in [6, 6.07) is 2.97. The minimum absolute atomic E-state index is 0. The Labute approximate surface area is 151 Å². The summed E-state index contributed by atoms with van der Waals surface area (Å²) >= 11 is 3.26. The summed E-state index contributed by atoms with van der Waals surface area (Å²) in [5.74, 6) is 0.443. The Morgan fingerprint density at radius 3 is 2.41 bits per heavy atom. The van der Waals surface area contributed by atoms with Crippen molar-refractivity contribution >= 4 is 40.7 Å². The van der Waals surface area contributed by atoms with Gasteiger partial charge in [0.25, 0.3) is 0 Å². The monoisotopic (exact) mass is 414 g/mol. The summed E-state index contributed by atoms with van der Waals surface area (Å²) in [5.41, 5.74) is 0.739. The van der Waals surface area contributed by atoms with Crippen molar-refractivity contribution in [1.29, 1.82) is 0 Å². The first-order chi connectivity index (χ1) is 9.66. The van der Waals surface area contributed by atoms with Crippen molar-refractivity contribution in [3.8, 4) is 5.75 Å². The number of phenols is 1. The van der Waals surface area contributed by atoms with E-state index in [1.54, 1.807) is 0 Å². The van der Waals surface area contributed by atoms with Crippen LogP contribution in [0.4, 0.5) is 4.39 Å². The lowest BCUT2D eigenvalue weighted by Crippen LogP contribution is -2.47. The van der Waals surface area contributed by atoms with Crippen molar-refractivity contribution in [2.24, 2.45) is 5.92 Å². The van der Waals surface area contributed by atoms with Crippen molar-refractivity contribution in [2.75, 3.05) is 26.2 Å². The highest BCUT2D eigenvalue weighted by atomic mass is 79.9. The van der Waals surface area contributed by atoms with Gasteiger partial charge in [-0.25, -0.2) is 4.39 Å². The number of hydrogen-bond donors (Lipinski definition) is 2. The van der Waals surface area contributed by atoms with Gasteiger partial charge < -0.3 is 10.4 Å². The third-order valence-electron chi connectivity index (χ3n) is 4.52. The van der Waals surface area contributed by atoms with Gasteiger partial charge in [0.1, 0.15) is 11.6 Å². The molecule has 7 heteroatoms. The van der Waals surface area contributed by atoms with Gasteiger partial charge in [0.05, 0.1) is 4.47 Å². The van der Waals surface area contributed by atoms with Crippen LogP contribution in [0.3, 0.4) is 0 Å². The van der Waals surface area contributed by atoms with E-state index >= 15 is 0 Å². The summed E-state index contributed by atoms with van der Waals surface area (Å²) in [7, 11) is 0. The van der Waals surface area contributed by atoms with Crippen LogP contribution in [-0.4, -0.2) is 36.2 Å². The quantitative estimate of drug-likeness (QED) is 0.786. The molecule has 1 heterocycles. The summed E-state index contributed by atoms with van der Waals surface area (Å²) in [5, 5.41) is 13.7. The number of benzene rings is 1. The Morgan fingerprint density at radius 1 is 1.23 bits per heavy atom. The van der Waals surface area contributed by atoms with E-state index in [9.17, 15) is 9.50 Å². The van der Waals surface area contributed by atoms with Crippen LogP contribution in [0.5, 0.6) is 5.75 Å². The lowest BCUT2D eigenvalue weighted by atomic mass is 9.76. The van der Waals surface area contributed by atoms with Gasteiger partial charge in [-0.3, -0.25) is 4.90 Å². The Bertz CT molecular complexity index is 497. The Balaban J connectivity index is 0.00000121. The van der Waals surface area contributed by atoms with Crippen LogP contribution in [-0.2, 0) is 0 Å². The largest absolute Gasteiger partial charge is 0.506 e. The number of phenolic OH excluding ortho intramolecular Hbond substituents is 1. The molecule has 1 aliphatic heterocycles. The third-order valence-corrected chi connectivity index (χ3v) is 5.12. The molecule has 0 amide bonds. The van der Waals surface area contributed by atoms with Gasteiger partial charge in [-0.05, 0) is 46.8 Å². The molecule has 0 bridgehead atoms. The lowest BCUT2D eigenvalue weighted by molar-refractivity contribution is 0.0816. The maximum atomic E-state index is 13.7. The second-order valence-electron chi connectivity index (χ2n) is 5.75. The molecule has 3 rings (SSSR count). The molecule has 2 aliphatic rings. The molecule has 2 N–H and O–H groups in total. The fourth-order valence-corrected chi connectivity index (χ4v) is 3.72. The number of hydrogen-bond acceptors (Lipinski definition) is 3. The predicted molar refractivity (Wildman–Crippen MR) is 94.8 cm³/mol.